The molecule has 182 valence electrons. The number of hydrogen-bond acceptors (Lipinski definition) is 7. The highest BCUT2D eigenvalue weighted by Gasteiger charge is 2.41. The van der Waals surface area contributed by atoms with Crippen LogP contribution in [0.15, 0.2) is 67.0 Å². The van der Waals surface area contributed by atoms with Crippen LogP contribution < -0.4 is 15.8 Å². The summed E-state index contributed by atoms with van der Waals surface area (Å²) >= 11 is 0. The summed E-state index contributed by atoms with van der Waals surface area (Å²) in [6.45, 7) is 2.52. The fraction of sp³-hybridized carbons (Fsp3) is 0.308. The molecule has 0 bridgehead atoms. The van der Waals surface area contributed by atoms with Gasteiger partial charge in [0.25, 0.3) is 0 Å². The normalized spacial score (nSPS) is 16.2. The minimum absolute atomic E-state index is 0.0552. The Balaban J connectivity index is 1.48. The quantitative estimate of drug-likeness (QED) is 0.296. The van der Waals surface area contributed by atoms with E-state index in [0.717, 1.165) is 17.0 Å². The van der Waals surface area contributed by atoms with Crippen LogP contribution in [-0.4, -0.2) is 59.6 Å². The molecule has 3 N–H and O–H groups in total. The lowest BCUT2D eigenvalue weighted by Gasteiger charge is -2.40. The Labute approximate surface area is 203 Å². The standard InChI is InChI=1S/C26H29FN6O2/c1-34-22-8-2-19(3-9-22)17-33-25-23(16-31-33)24(10-11-29-25)26(27,32-12-14-35-15-13-32)18-30-21-6-4-20(28)5-7-21/h2-11,16,30H,12-15,17-18,28H2,1H3. The zero-order valence-corrected chi connectivity index (χ0v) is 19.7. The summed E-state index contributed by atoms with van der Waals surface area (Å²) in [5.74, 6) is -0.999. The molecule has 8 nitrogen and oxygen atoms in total. The Morgan fingerprint density at radius 3 is 2.54 bits per heavy atom. The predicted molar refractivity (Wildman–Crippen MR) is 134 cm³/mol. The van der Waals surface area contributed by atoms with Crippen molar-refractivity contribution in [1.29, 1.82) is 0 Å². The molecule has 0 amide bonds. The molecule has 1 aliphatic rings. The third kappa shape index (κ3) is 4.78. The van der Waals surface area contributed by atoms with Gasteiger partial charge in [-0.2, -0.15) is 5.10 Å². The molecule has 1 unspecified atom stereocenters. The summed E-state index contributed by atoms with van der Waals surface area (Å²) in [5, 5.41) is 8.51. The molecule has 0 saturated carbocycles. The van der Waals surface area contributed by atoms with E-state index in [-0.39, 0.29) is 6.54 Å². The van der Waals surface area contributed by atoms with Crippen LogP contribution in [0, 0.1) is 0 Å². The van der Waals surface area contributed by atoms with Gasteiger partial charge in [-0.05, 0) is 48.0 Å². The number of anilines is 2. The monoisotopic (exact) mass is 476 g/mol. The number of ether oxygens (including phenoxy) is 2. The van der Waals surface area contributed by atoms with Gasteiger partial charge < -0.3 is 20.5 Å². The summed E-state index contributed by atoms with van der Waals surface area (Å²) < 4.78 is 29.7. The molecule has 1 atom stereocenters. The Hall–Kier alpha value is -3.69. The molecule has 5 rings (SSSR count). The van der Waals surface area contributed by atoms with E-state index in [4.69, 9.17) is 15.2 Å². The van der Waals surface area contributed by atoms with Gasteiger partial charge in [-0.3, -0.25) is 4.90 Å². The highest BCUT2D eigenvalue weighted by atomic mass is 19.1. The first-order valence-electron chi connectivity index (χ1n) is 11.6. The molecule has 1 saturated heterocycles. The number of hydrogen-bond donors (Lipinski definition) is 2. The second-order valence-corrected chi connectivity index (χ2v) is 8.58. The molecule has 1 aliphatic heterocycles. The van der Waals surface area contributed by atoms with E-state index in [9.17, 15) is 0 Å². The number of benzene rings is 2. The van der Waals surface area contributed by atoms with Gasteiger partial charge in [-0.1, -0.05) is 12.1 Å². The molecule has 0 radical (unpaired) electrons. The smallest absolute Gasteiger partial charge is 0.208 e. The largest absolute Gasteiger partial charge is 0.497 e. The molecular formula is C26H29FN6O2. The van der Waals surface area contributed by atoms with Crippen LogP contribution in [0.1, 0.15) is 11.1 Å². The SMILES string of the molecule is COc1ccc(Cn2ncc3c(C(F)(CNc4ccc(N)cc4)N4CCOCC4)ccnc32)cc1. The minimum atomic E-state index is -1.79. The van der Waals surface area contributed by atoms with E-state index >= 15 is 4.39 Å². The third-order valence-electron chi connectivity index (χ3n) is 6.39. The number of rotatable bonds is 8. The fourth-order valence-corrected chi connectivity index (χ4v) is 4.45. The van der Waals surface area contributed by atoms with Gasteiger partial charge >= 0.3 is 0 Å². The zero-order chi connectivity index (χ0) is 24.3. The Bertz CT molecular complexity index is 1270. The van der Waals surface area contributed by atoms with Crippen LogP contribution in [0.3, 0.4) is 0 Å². The third-order valence-corrected chi connectivity index (χ3v) is 6.39. The van der Waals surface area contributed by atoms with Crippen molar-refractivity contribution in [3.63, 3.8) is 0 Å². The number of methoxy groups -OCH3 is 1. The van der Waals surface area contributed by atoms with Crippen LogP contribution in [-0.2, 0) is 17.1 Å². The first-order chi connectivity index (χ1) is 17.1. The van der Waals surface area contributed by atoms with Crippen molar-refractivity contribution in [2.45, 2.75) is 12.3 Å². The predicted octanol–water partition coefficient (Wildman–Crippen LogP) is 3.64. The number of morpholine rings is 1. The van der Waals surface area contributed by atoms with Gasteiger partial charge in [-0.15, -0.1) is 0 Å². The van der Waals surface area contributed by atoms with E-state index in [2.05, 4.69) is 15.4 Å². The molecule has 2 aromatic heterocycles. The van der Waals surface area contributed by atoms with Crippen molar-refractivity contribution in [2.75, 3.05) is 51.0 Å². The minimum Gasteiger partial charge on any atom is -0.497 e. The van der Waals surface area contributed by atoms with Gasteiger partial charge in [0.05, 0.1) is 39.6 Å². The second-order valence-electron chi connectivity index (χ2n) is 8.58. The number of fused-ring (bicyclic) bond motifs is 1. The maximum atomic E-state index is 17.1. The van der Waals surface area contributed by atoms with Gasteiger partial charge in [0.1, 0.15) is 5.75 Å². The van der Waals surface area contributed by atoms with Crippen LogP contribution in [0.25, 0.3) is 11.0 Å². The van der Waals surface area contributed by atoms with E-state index in [1.165, 1.54) is 0 Å². The van der Waals surface area contributed by atoms with Crippen LogP contribution >= 0.6 is 0 Å². The lowest BCUT2D eigenvalue weighted by Crippen LogP contribution is -2.52. The lowest BCUT2D eigenvalue weighted by molar-refractivity contribution is -0.0843. The van der Waals surface area contributed by atoms with E-state index in [0.29, 0.717) is 55.1 Å². The average molecular weight is 477 g/mol. The maximum absolute atomic E-state index is 17.1. The van der Waals surface area contributed by atoms with Crippen molar-refractivity contribution in [1.82, 2.24) is 19.7 Å². The number of halogens is 1. The summed E-state index contributed by atoms with van der Waals surface area (Å²) in [7, 11) is 1.64. The Kier molecular flexibility index (Phi) is 6.52. The van der Waals surface area contributed by atoms with Gasteiger partial charge in [0.15, 0.2) is 5.65 Å². The number of aromatic nitrogens is 3. The number of alkyl halides is 1. The Morgan fingerprint density at radius 1 is 1.09 bits per heavy atom. The highest BCUT2D eigenvalue weighted by molar-refractivity contribution is 5.79. The fourth-order valence-electron chi connectivity index (χ4n) is 4.45. The van der Waals surface area contributed by atoms with Crippen molar-refractivity contribution in [2.24, 2.45) is 0 Å². The first-order valence-corrected chi connectivity index (χ1v) is 11.6. The molecule has 4 aromatic rings. The summed E-state index contributed by atoms with van der Waals surface area (Å²) in [4.78, 5) is 6.38. The lowest BCUT2D eigenvalue weighted by atomic mass is 9.99. The van der Waals surface area contributed by atoms with Crippen molar-refractivity contribution in [3.05, 3.63) is 78.1 Å². The number of nitrogens with one attached hydrogen (secondary N) is 1. The number of nitrogen functional groups attached to an aromatic ring is 1. The van der Waals surface area contributed by atoms with E-state index in [1.54, 1.807) is 42.4 Å². The number of pyridine rings is 1. The molecule has 1 fully saturated rings. The molecule has 3 heterocycles. The summed E-state index contributed by atoms with van der Waals surface area (Å²) in [5.41, 5.74) is 9.49. The second kappa shape index (κ2) is 9.89. The zero-order valence-electron chi connectivity index (χ0n) is 19.7. The Morgan fingerprint density at radius 2 is 1.83 bits per heavy atom. The highest BCUT2D eigenvalue weighted by Crippen LogP contribution is 2.36. The van der Waals surface area contributed by atoms with Gasteiger partial charge in [0, 0.05) is 41.6 Å². The topological polar surface area (TPSA) is 90.5 Å². The number of nitrogens with zero attached hydrogens (tertiary/aromatic N) is 4. The summed E-state index contributed by atoms with van der Waals surface area (Å²) in [6, 6.07) is 16.8. The van der Waals surface area contributed by atoms with Crippen LogP contribution in [0.2, 0.25) is 0 Å². The van der Waals surface area contributed by atoms with Crippen molar-refractivity contribution in [3.8, 4) is 5.75 Å². The number of nitrogens with two attached hydrogens (primary N) is 1. The molecule has 0 aliphatic carbocycles. The van der Waals surface area contributed by atoms with Crippen LogP contribution in [0.4, 0.5) is 15.8 Å². The maximum Gasteiger partial charge on any atom is 0.208 e. The average Bonchev–Trinajstić information content (AvgIpc) is 3.32. The summed E-state index contributed by atoms with van der Waals surface area (Å²) in [6.07, 6.45) is 3.36. The van der Waals surface area contributed by atoms with Gasteiger partial charge in [-0.25, -0.2) is 14.1 Å². The molecule has 9 heteroatoms. The van der Waals surface area contributed by atoms with Gasteiger partial charge in [0.2, 0.25) is 5.79 Å². The first kappa shape index (κ1) is 23.1. The van der Waals surface area contributed by atoms with Crippen molar-refractivity contribution >= 4 is 22.4 Å². The molecule has 2 aromatic carbocycles. The molecule has 0 spiro atoms. The van der Waals surface area contributed by atoms with Crippen molar-refractivity contribution < 1.29 is 13.9 Å². The molecular weight excluding hydrogens is 447 g/mol. The van der Waals surface area contributed by atoms with E-state index in [1.807, 2.05) is 41.3 Å². The van der Waals surface area contributed by atoms with E-state index < -0.39 is 5.79 Å². The molecule has 35 heavy (non-hydrogen) atoms. The van der Waals surface area contributed by atoms with Crippen LogP contribution in [0.5, 0.6) is 5.75 Å².